The van der Waals surface area contributed by atoms with E-state index in [2.05, 4.69) is 47.5 Å². The number of hydrogen-bond acceptors (Lipinski definition) is 4. The lowest BCUT2D eigenvalue weighted by Crippen LogP contribution is -2.39. The fourth-order valence-electron chi connectivity index (χ4n) is 3.92. The first-order valence-corrected chi connectivity index (χ1v) is 10.4. The second-order valence-corrected chi connectivity index (χ2v) is 7.44. The number of aliphatic imine (C=N–C) groups is 1. The molecule has 3 rings (SSSR count). The fraction of sp³-hybridized carbons (Fsp3) is 0.619. The quantitative estimate of drug-likeness (QED) is 0.539. The van der Waals surface area contributed by atoms with E-state index in [0.717, 1.165) is 50.0 Å². The van der Waals surface area contributed by atoms with E-state index in [-0.39, 0.29) is 6.04 Å². The van der Waals surface area contributed by atoms with Crippen LogP contribution < -0.4 is 10.6 Å². The molecule has 2 aromatic heterocycles. The number of aromatic nitrogens is 2. The predicted octanol–water partition coefficient (Wildman–Crippen LogP) is 2.56. The Morgan fingerprint density at radius 2 is 2.07 bits per heavy atom. The highest BCUT2D eigenvalue weighted by Gasteiger charge is 2.25. The van der Waals surface area contributed by atoms with Gasteiger partial charge in [-0.05, 0) is 70.8 Å². The largest absolute Gasteiger partial charge is 0.468 e. The molecule has 1 unspecified atom stereocenters. The van der Waals surface area contributed by atoms with Crippen molar-refractivity contribution < 1.29 is 4.42 Å². The molecule has 0 radical (unpaired) electrons. The molecule has 0 spiro atoms. The van der Waals surface area contributed by atoms with E-state index in [0.29, 0.717) is 6.54 Å². The van der Waals surface area contributed by atoms with Gasteiger partial charge in [0.25, 0.3) is 0 Å². The van der Waals surface area contributed by atoms with Crippen LogP contribution in [0.1, 0.15) is 48.5 Å². The highest BCUT2D eigenvalue weighted by molar-refractivity contribution is 5.79. The van der Waals surface area contributed by atoms with Gasteiger partial charge in [0.05, 0.1) is 24.5 Å². The van der Waals surface area contributed by atoms with Crippen LogP contribution in [0.4, 0.5) is 0 Å². The summed E-state index contributed by atoms with van der Waals surface area (Å²) in [5.41, 5.74) is 3.65. The third kappa shape index (κ3) is 4.95. The number of hydrogen-bond donors (Lipinski definition) is 2. The number of nitrogens with one attached hydrogen (secondary N) is 2. The van der Waals surface area contributed by atoms with Crippen molar-refractivity contribution in [2.45, 2.75) is 46.1 Å². The Bertz CT molecular complexity index is 758. The molecule has 1 atom stereocenters. The van der Waals surface area contributed by atoms with Crippen molar-refractivity contribution in [2.24, 2.45) is 12.0 Å². The van der Waals surface area contributed by atoms with Gasteiger partial charge in [-0.25, -0.2) is 0 Å². The minimum atomic E-state index is 0.204. The van der Waals surface area contributed by atoms with Gasteiger partial charge in [0.1, 0.15) is 5.76 Å². The second kappa shape index (κ2) is 9.78. The number of rotatable bonds is 8. The normalized spacial score (nSPS) is 16.5. The minimum absolute atomic E-state index is 0.204. The van der Waals surface area contributed by atoms with Crippen molar-refractivity contribution in [2.75, 3.05) is 32.7 Å². The molecule has 0 saturated carbocycles. The summed E-state index contributed by atoms with van der Waals surface area (Å²) in [7, 11) is 2.00. The monoisotopic (exact) mass is 386 g/mol. The van der Waals surface area contributed by atoms with Gasteiger partial charge in [-0.3, -0.25) is 14.6 Å². The number of furan rings is 1. The first-order valence-electron chi connectivity index (χ1n) is 10.4. The van der Waals surface area contributed by atoms with Gasteiger partial charge in [-0.1, -0.05) is 0 Å². The Morgan fingerprint density at radius 3 is 2.68 bits per heavy atom. The summed E-state index contributed by atoms with van der Waals surface area (Å²) < 4.78 is 7.66. The van der Waals surface area contributed by atoms with Crippen molar-refractivity contribution >= 4 is 5.96 Å². The van der Waals surface area contributed by atoms with Gasteiger partial charge < -0.3 is 15.1 Å². The molecule has 1 fully saturated rings. The average molecular weight is 387 g/mol. The summed E-state index contributed by atoms with van der Waals surface area (Å²) in [4.78, 5) is 7.35. The van der Waals surface area contributed by atoms with Gasteiger partial charge in [-0.15, -0.1) is 0 Å². The zero-order chi connectivity index (χ0) is 19.9. The Kier molecular flexibility index (Phi) is 7.14. The van der Waals surface area contributed by atoms with Gasteiger partial charge in [0.15, 0.2) is 5.96 Å². The van der Waals surface area contributed by atoms with Crippen LogP contribution in [-0.4, -0.2) is 53.4 Å². The van der Waals surface area contributed by atoms with Crippen LogP contribution in [0, 0.1) is 13.8 Å². The van der Waals surface area contributed by atoms with Crippen LogP contribution in [0.25, 0.3) is 0 Å². The summed E-state index contributed by atoms with van der Waals surface area (Å²) in [6, 6.07) is 4.23. The van der Waals surface area contributed by atoms with E-state index in [4.69, 9.17) is 9.41 Å². The maximum atomic E-state index is 5.71. The third-order valence-corrected chi connectivity index (χ3v) is 5.55. The lowest BCUT2D eigenvalue weighted by molar-refractivity contribution is 0.221. The summed E-state index contributed by atoms with van der Waals surface area (Å²) in [5.74, 6) is 1.86. The Labute approximate surface area is 168 Å². The molecule has 154 valence electrons. The van der Waals surface area contributed by atoms with Crippen LogP contribution in [0.2, 0.25) is 0 Å². The predicted molar refractivity (Wildman–Crippen MR) is 113 cm³/mol. The van der Waals surface area contributed by atoms with E-state index < -0.39 is 0 Å². The lowest BCUT2D eigenvalue weighted by Gasteiger charge is -2.24. The molecular weight excluding hydrogens is 352 g/mol. The van der Waals surface area contributed by atoms with Crippen molar-refractivity contribution in [1.29, 1.82) is 0 Å². The van der Waals surface area contributed by atoms with Crippen LogP contribution >= 0.6 is 0 Å². The topological polar surface area (TPSA) is 70.6 Å². The molecule has 2 N–H and O–H groups in total. The molecule has 28 heavy (non-hydrogen) atoms. The molecule has 1 aliphatic rings. The van der Waals surface area contributed by atoms with Crippen LogP contribution in [0.15, 0.2) is 27.8 Å². The first-order chi connectivity index (χ1) is 13.6. The van der Waals surface area contributed by atoms with E-state index in [1.165, 1.54) is 24.1 Å². The molecule has 1 saturated heterocycles. The molecule has 0 bridgehead atoms. The van der Waals surface area contributed by atoms with E-state index in [9.17, 15) is 0 Å². The number of nitrogens with zero attached hydrogens (tertiary/aromatic N) is 4. The number of guanidine groups is 1. The molecule has 3 heterocycles. The smallest absolute Gasteiger partial charge is 0.191 e. The fourth-order valence-corrected chi connectivity index (χ4v) is 3.92. The molecule has 0 amide bonds. The zero-order valence-corrected chi connectivity index (χ0v) is 17.7. The second-order valence-electron chi connectivity index (χ2n) is 7.44. The Morgan fingerprint density at radius 1 is 1.29 bits per heavy atom. The Hall–Kier alpha value is -2.28. The van der Waals surface area contributed by atoms with E-state index >= 15 is 0 Å². The van der Waals surface area contributed by atoms with Crippen LogP contribution in [0.5, 0.6) is 0 Å². The van der Waals surface area contributed by atoms with Crippen molar-refractivity contribution in [1.82, 2.24) is 25.3 Å². The van der Waals surface area contributed by atoms with E-state index in [1.54, 1.807) is 6.26 Å². The summed E-state index contributed by atoms with van der Waals surface area (Å²) in [5, 5.41) is 11.3. The maximum absolute atomic E-state index is 5.71. The third-order valence-electron chi connectivity index (χ3n) is 5.55. The van der Waals surface area contributed by atoms with Gasteiger partial charge in [-0.2, -0.15) is 5.10 Å². The minimum Gasteiger partial charge on any atom is -0.468 e. The molecule has 2 aromatic rings. The SMILES string of the molecule is CCNC(=NCC(c1ccco1)N1CCCC1)NCCc1c(C)nn(C)c1C. The highest BCUT2D eigenvalue weighted by Crippen LogP contribution is 2.25. The standard InChI is InChI=1S/C21H34N6O/c1-5-22-21(23-11-10-18-16(2)25-26(4)17(18)3)24-15-19(20-9-8-14-28-20)27-12-6-7-13-27/h8-9,14,19H,5-7,10-13,15H2,1-4H3,(H2,22,23,24). The molecule has 7 heteroatoms. The molecule has 7 nitrogen and oxygen atoms in total. The van der Waals surface area contributed by atoms with Crippen molar-refractivity contribution in [3.05, 3.63) is 41.1 Å². The molecular formula is C21H34N6O. The maximum Gasteiger partial charge on any atom is 0.191 e. The Balaban J connectivity index is 1.62. The highest BCUT2D eigenvalue weighted by atomic mass is 16.3. The van der Waals surface area contributed by atoms with Crippen LogP contribution in [-0.2, 0) is 13.5 Å². The number of likely N-dealkylation sites (tertiary alicyclic amines) is 1. The van der Waals surface area contributed by atoms with Gasteiger partial charge in [0, 0.05) is 25.8 Å². The lowest BCUT2D eigenvalue weighted by atomic mass is 10.1. The molecule has 0 aromatic carbocycles. The summed E-state index contributed by atoms with van der Waals surface area (Å²) >= 11 is 0. The summed E-state index contributed by atoms with van der Waals surface area (Å²) in [6.45, 7) is 10.9. The molecule has 1 aliphatic heterocycles. The van der Waals surface area contributed by atoms with Gasteiger partial charge >= 0.3 is 0 Å². The zero-order valence-electron chi connectivity index (χ0n) is 17.7. The first kappa shape index (κ1) is 20.5. The van der Waals surface area contributed by atoms with Gasteiger partial charge in [0.2, 0.25) is 0 Å². The average Bonchev–Trinajstić information content (AvgIpc) is 3.42. The van der Waals surface area contributed by atoms with Crippen LogP contribution in [0.3, 0.4) is 0 Å². The summed E-state index contributed by atoms with van der Waals surface area (Å²) in [6.07, 6.45) is 5.19. The molecule has 0 aliphatic carbocycles. The van der Waals surface area contributed by atoms with Crippen molar-refractivity contribution in [3.63, 3.8) is 0 Å². The van der Waals surface area contributed by atoms with Crippen molar-refractivity contribution in [3.8, 4) is 0 Å². The van der Waals surface area contributed by atoms with E-state index in [1.807, 2.05) is 17.8 Å². The number of aryl methyl sites for hydroxylation is 2.